The van der Waals surface area contributed by atoms with Crippen molar-refractivity contribution in [2.45, 2.75) is 37.6 Å². The third kappa shape index (κ3) is 6.16. The van der Waals surface area contributed by atoms with Crippen molar-refractivity contribution in [3.05, 3.63) is 95.3 Å². The van der Waals surface area contributed by atoms with Gasteiger partial charge in [0.05, 0.1) is 19.8 Å². The minimum Gasteiger partial charge on any atom is -0.496 e. The molecular weight excluding hydrogens is 599 g/mol. The first kappa shape index (κ1) is 31.5. The Hall–Kier alpha value is -4.49. The van der Waals surface area contributed by atoms with E-state index >= 15 is 0 Å². The van der Waals surface area contributed by atoms with E-state index in [0.717, 1.165) is 6.54 Å². The van der Waals surface area contributed by atoms with Gasteiger partial charge in [-0.15, -0.1) is 5.10 Å². The number of amides is 1. The number of rotatable bonds is 8. The number of alkyl halides is 3. The molecule has 0 aliphatic carbocycles. The van der Waals surface area contributed by atoms with Crippen LogP contribution < -0.4 is 9.47 Å². The van der Waals surface area contributed by atoms with E-state index in [1.54, 1.807) is 13.0 Å². The van der Waals surface area contributed by atoms with Crippen LogP contribution in [0.5, 0.6) is 11.5 Å². The van der Waals surface area contributed by atoms with Gasteiger partial charge in [-0.2, -0.15) is 17.9 Å². The second-order valence-electron chi connectivity index (χ2n) is 11.6. The van der Waals surface area contributed by atoms with Crippen LogP contribution in [-0.2, 0) is 17.5 Å². The standard InChI is InChI=1S/C33H36F3N7O3/c1-22(44)41-16-17-42-25(19-41)18-40(21-28(42)30(23-10-6-4-7-11-23)24-12-8-5-9-13-24)20-26-29(45-2)15-14-27(31(26)46-3)43-32(33(34,35)36)37-38-39-43/h4-15,25,28,30H,16-21H2,1-3H3/t25-,28+/m1/s1. The summed E-state index contributed by atoms with van der Waals surface area (Å²) in [5.41, 5.74) is 3.00. The van der Waals surface area contributed by atoms with Crippen LogP contribution in [-0.4, -0.2) is 99.8 Å². The van der Waals surface area contributed by atoms with Crippen molar-refractivity contribution < 1.29 is 27.4 Å². The summed E-state index contributed by atoms with van der Waals surface area (Å²) in [6.07, 6.45) is -4.77. The van der Waals surface area contributed by atoms with Gasteiger partial charge in [0.1, 0.15) is 11.4 Å². The van der Waals surface area contributed by atoms with Crippen LogP contribution in [0.15, 0.2) is 72.8 Å². The molecule has 6 rings (SSSR count). The lowest BCUT2D eigenvalue weighted by Crippen LogP contribution is -2.67. The highest BCUT2D eigenvalue weighted by Crippen LogP contribution is 2.40. The monoisotopic (exact) mass is 635 g/mol. The smallest absolute Gasteiger partial charge is 0.453 e. The van der Waals surface area contributed by atoms with Crippen molar-refractivity contribution in [3.63, 3.8) is 0 Å². The van der Waals surface area contributed by atoms with E-state index in [4.69, 9.17) is 9.47 Å². The molecular formula is C33H36F3N7O3. The highest BCUT2D eigenvalue weighted by molar-refractivity contribution is 5.73. The first-order chi connectivity index (χ1) is 22.2. The summed E-state index contributed by atoms with van der Waals surface area (Å²) in [6.45, 7) is 5.16. The van der Waals surface area contributed by atoms with Crippen molar-refractivity contribution in [1.82, 2.24) is 34.9 Å². The molecule has 3 aromatic carbocycles. The first-order valence-corrected chi connectivity index (χ1v) is 15.1. The molecule has 242 valence electrons. The van der Waals surface area contributed by atoms with Crippen LogP contribution in [0.4, 0.5) is 13.2 Å². The van der Waals surface area contributed by atoms with Crippen molar-refractivity contribution >= 4 is 5.91 Å². The number of carbonyl (C=O) groups is 1. The van der Waals surface area contributed by atoms with E-state index in [0.29, 0.717) is 48.7 Å². The van der Waals surface area contributed by atoms with Gasteiger partial charge in [-0.25, -0.2) is 0 Å². The Morgan fingerprint density at radius 1 is 0.913 bits per heavy atom. The number of piperazine rings is 2. The van der Waals surface area contributed by atoms with E-state index in [2.05, 4.69) is 49.6 Å². The summed E-state index contributed by atoms with van der Waals surface area (Å²) in [7, 11) is 2.93. The first-order valence-electron chi connectivity index (χ1n) is 15.1. The van der Waals surface area contributed by atoms with Crippen LogP contribution in [0.3, 0.4) is 0 Å². The van der Waals surface area contributed by atoms with Gasteiger partial charge in [-0.05, 0) is 33.7 Å². The Morgan fingerprint density at radius 3 is 2.17 bits per heavy atom. The third-order valence-corrected chi connectivity index (χ3v) is 8.97. The molecule has 13 heteroatoms. The Bertz CT molecular complexity index is 1610. The quantitative estimate of drug-likeness (QED) is 0.284. The Labute approximate surface area is 265 Å². The van der Waals surface area contributed by atoms with Crippen LogP contribution in [0.2, 0.25) is 0 Å². The average Bonchev–Trinajstić information content (AvgIpc) is 3.56. The van der Waals surface area contributed by atoms with Gasteiger partial charge < -0.3 is 14.4 Å². The number of hydrogen-bond acceptors (Lipinski definition) is 8. The molecule has 3 heterocycles. The topological polar surface area (TPSA) is 88.8 Å². The molecule has 4 aromatic rings. The lowest BCUT2D eigenvalue weighted by atomic mass is 9.81. The molecule has 0 unspecified atom stereocenters. The van der Waals surface area contributed by atoms with E-state index in [9.17, 15) is 18.0 Å². The van der Waals surface area contributed by atoms with Crippen LogP contribution in [0.1, 0.15) is 35.4 Å². The fourth-order valence-corrected chi connectivity index (χ4v) is 6.96. The van der Waals surface area contributed by atoms with Crippen molar-refractivity contribution in [3.8, 4) is 17.2 Å². The SMILES string of the molecule is COc1ccc(-n2nnnc2C(F)(F)F)c(OC)c1CN1C[C@@H]2CN(C(C)=O)CCN2[C@H](C(c2ccccc2)c2ccccc2)C1. The molecule has 2 saturated heterocycles. The number of aromatic nitrogens is 4. The molecule has 46 heavy (non-hydrogen) atoms. The van der Waals surface area contributed by atoms with Crippen molar-refractivity contribution in [1.29, 1.82) is 0 Å². The second kappa shape index (κ2) is 13.1. The second-order valence-corrected chi connectivity index (χ2v) is 11.6. The number of carbonyl (C=O) groups excluding carboxylic acids is 1. The zero-order chi connectivity index (χ0) is 32.4. The van der Waals surface area contributed by atoms with Gasteiger partial charge in [0.15, 0.2) is 5.75 Å². The fourth-order valence-electron chi connectivity index (χ4n) is 6.96. The molecule has 0 N–H and O–H groups in total. The van der Waals surface area contributed by atoms with Crippen LogP contribution in [0, 0.1) is 0 Å². The lowest BCUT2D eigenvalue weighted by molar-refractivity contribution is -0.146. The highest BCUT2D eigenvalue weighted by atomic mass is 19.4. The van der Waals surface area contributed by atoms with Gasteiger partial charge in [0, 0.05) is 64.2 Å². The van der Waals surface area contributed by atoms with Gasteiger partial charge >= 0.3 is 6.18 Å². The minimum atomic E-state index is -4.77. The maximum Gasteiger partial charge on any atom is 0.453 e. The molecule has 2 aliphatic heterocycles. The summed E-state index contributed by atoms with van der Waals surface area (Å²) in [6, 6.07) is 23.9. The highest BCUT2D eigenvalue weighted by Gasteiger charge is 2.43. The number of benzene rings is 3. The Kier molecular flexibility index (Phi) is 8.96. The number of nitrogens with zero attached hydrogens (tertiary/aromatic N) is 7. The summed E-state index contributed by atoms with van der Waals surface area (Å²) in [5.74, 6) is -0.530. The molecule has 0 saturated carbocycles. The number of methoxy groups -OCH3 is 2. The maximum atomic E-state index is 13.8. The minimum absolute atomic E-state index is 0.0299. The van der Waals surface area contributed by atoms with Gasteiger partial charge in [0.25, 0.3) is 5.82 Å². The molecule has 1 amide bonds. The van der Waals surface area contributed by atoms with Gasteiger partial charge in [-0.1, -0.05) is 60.7 Å². The summed E-state index contributed by atoms with van der Waals surface area (Å²) < 4.78 is 53.5. The van der Waals surface area contributed by atoms with E-state index < -0.39 is 12.0 Å². The normalized spacial score (nSPS) is 19.2. The molecule has 0 bridgehead atoms. The number of fused-ring (bicyclic) bond motifs is 1. The number of ether oxygens (including phenoxy) is 2. The third-order valence-electron chi connectivity index (χ3n) is 8.97. The number of tetrazole rings is 1. The van der Waals surface area contributed by atoms with E-state index in [1.807, 2.05) is 41.3 Å². The summed E-state index contributed by atoms with van der Waals surface area (Å²) >= 11 is 0. The van der Waals surface area contributed by atoms with E-state index in [1.165, 1.54) is 31.4 Å². The number of halogens is 3. The zero-order valence-corrected chi connectivity index (χ0v) is 25.9. The van der Waals surface area contributed by atoms with Crippen molar-refractivity contribution in [2.24, 2.45) is 0 Å². The molecule has 0 spiro atoms. The lowest BCUT2D eigenvalue weighted by Gasteiger charge is -2.53. The molecule has 0 radical (unpaired) electrons. The van der Waals surface area contributed by atoms with Crippen LogP contribution >= 0.6 is 0 Å². The summed E-state index contributed by atoms with van der Waals surface area (Å²) in [4.78, 5) is 19.2. The number of hydrogen-bond donors (Lipinski definition) is 0. The van der Waals surface area contributed by atoms with Gasteiger partial charge in [-0.3, -0.25) is 14.6 Å². The van der Waals surface area contributed by atoms with Crippen molar-refractivity contribution in [2.75, 3.05) is 46.9 Å². The molecule has 2 fully saturated rings. The maximum absolute atomic E-state index is 13.8. The predicted molar refractivity (Wildman–Crippen MR) is 164 cm³/mol. The predicted octanol–water partition coefficient (Wildman–Crippen LogP) is 4.25. The van der Waals surface area contributed by atoms with Gasteiger partial charge in [0.2, 0.25) is 5.91 Å². The van der Waals surface area contributed by atoms with Crippen LogP contribution in [0.25, 0.3) is 5.69 Å². The molecule has 2 aliphatic rings. The fraction of sp³-hybridized carbons (Fsp3) is 0.394. The zero-order valence-electron chi connectivity index (χ0n) is 25.9. The largest absolute Gasteiger partial charge is 0.496 e. The Balaban J connectivity index is 1.42. The summed E-state index contributed by atoms with van der Waals surface area (Å²) in [5, 5.41) is 10.2. The molecule has 2 atom stereocenters. The Morgan fingerprint density at radius 2 is 1.59 bits per heavy atom. The van der Waals surface area contributed by atoms with E-state index in [-0.39, 0.29) is 35.3 Å². The molecule has 1 aromatic heterocycles. The molecule has 10 nitrogen and oxygen atoms in total. The average molecular weight is 636 g/mol.